The lowest BCUT2D eigenvalue weighted by molar-refractivity contribution is 0.0182. The fourth-order valence-electron chi connectivity index (χ4n) is 3.94. The zero-order valence-corrected chi connectivity index (χ0v) is 14.6. The molecular weight excluding hydrogens is 244 g/mol. The molecule has 1 aliphatic carbocycles. The molecule has 1 aliphatic heterocycles. The van der Waals surface area contributed by atoms with Gasteiger partial charge in [-0.15, -0.1) is 0 Å². The summed E-state index contributed by atoms with van der Waals surface area (Å²) in [7, 11) is 0. The first kappa shape index (κ1) is 16.3. The third-order valence-electron chi connectivity index (χ3n) is 5.76. The molecule has 0 amide bonds. The van der Waals surface area contributed by atoms with Gasteiger partial charge in [-0.1, -0.05) is 41.5 Å². The second kappa shape index (κ2) is 5.96. The molecule has 2 aliphatic rings. The number of rotatable bonds is 2. The topological polar surface area (TPSA) is 15.3 Å². The van der Waals surface area contributed by atoms with Crippen LogP contribution in [0.25, 0.3) is 0 Å². The van der Waals surface area contributed by atoms with Crippen molar-refractivity contribution >= 4 is 0 Å². The van der Waals surface area contributed by atoms with Gasteiger partial charge in [-0.3, -0.25) is 4.90 Å². The van der Waals surface area contributed by atoms with Crippen LogP contribution in [-0.4, -0.2) is 36.1 Å². The van der Waals surface area contributed by atoms with Crippen molar-refractivity contribution in [2.24, 2.45) is 10.8 Å². The quantitative estimate of drug-likeness (QED) is 0.821. The molecule has 2 atom stereocenters. The molecule has 1 saturated heterocycles. The Labute approximate surface area is 126 Å². The molecule has 2 nitrogen and oxygen atoms in total. The lowest BCUT2D eigenvalue weighted by Gasteiger charge is -2.50. The average Bonchev–Trinajstić information content (AvgIpc) is 2.37. The molecule has 2 rings (SSSR count). The molecule has 0 aromatic rings. The van der Waals surface area contributed by atoms with Gasteiger partial charge in [-0.2, -0.15) is 0 Å². The van der Waals surface area contributed by atoms with Crippen LogP contribution < -0.4 is 5.32 Å². The summed E-state index contributed by atoms with van der Waals surface area (Å²) in [6.07, 6.45) is 6.89. The summed E-state index contributed by atoms with van der Waals surface area (Å²) in [6.45, 7) is 16.8. The number of hydrogen-bond acceptors (Lipinski definition) is 2. The maximum Gasteiger partial charge on any atom is 0.0244 e. The van der Waals surface area contributed by atoms with E-state index in [9.17, 15) is 0 Å². The highest BCUT2D eigenvalue weighted by molar-refractivity contribution is 4.95. The predicted octanol–water partition coefficient (Wildman–Crippen LogP) is 4.05. The third-order valence-corrected chi connectivity index (χ3v) is 5.76. The minimum Gasteiger partial charge on any atom is -0.311 e. The van der Waals surface area contributed by atoms with Gasteiger partial charge in [-0.25, -0.2) is 0 Å². The van der Waals surface area contributed by atoms with E-state index < -0.39 is 0 Å². The van der Waals surface area contributed by atoms with Gasteiger partial charge in [0.15, 0.2) is 0 Å². The molecule has 2 fully saturated rings. The van der Waals surface area contributed by atoms with E-state index in [2.05, 4.69) is 51.8 Å². The van der Waals surface area contributed by atoms with Crippen LogP contribution >= 0.6 is 0 Å². The first-order chi connectivity index (χ1) is 9.23. The molecule has 0 bridgehead atoms. The fraction of sp³-hybridized carbons (Fsp3) is 1.00. The van der Waals surface area contributed by atoms with Crippen LogP contribution in [0.1, 0.15) is 73.6 Å². The van der Waals surface area contributed by atoms with Crippen LogP contribution in [0.3, 0.4) is 0 Å². The Morgan fingerprint density at radius 3 is 2.25 bits per heavy atom. The largest absolute Gasteiger partial charge is 0.311 e. The zero-order valence-electron chi connectivity index (χ0n) is 14.6. The summed E-state index contributed by atoms with van der Waals surface area (Å²) < 4.78 is 0. The van der Waals surface area contributed by atoms with E-state index in [1.54, 1.807) is 0 Å². The highest BCUT2D eigenvalue weighted by Gasteiger charge is 2.38. The molecule has 0 aromatic heterocycles. The van der Waals surface area contributed by atoms with Crippen molar-refractivity contribution in [2.75, 3.05) is 13.1 Å². The first-order valence-electron chi connectivity index (χ1n) is 8.72. The van der Waals surface area contributed by atoms with Crippen LogP contribution in [0, 0.1) is 10.8 Å². The second-order valence-electron chi connectivity index (χ2n) is 8.98. The van der Waals surface area contributed by atoms with Crippen molar-refractivity contribution in [2.45, 2.75) is 91.8 Å². The average molecular weight is 280 g/mol. The zero-order chi connectivity index (χ0) is 15.0. The normalized spacial score (nSPS) is 33.3. The number of hydrogen-bond donors (Lipinski definition) is 1. The van der Waals surface area contributed by atoms with Crippen molar-refractivity contribution in [1.82, 2.24) is 10.2 Å². The Morgan fingerprint density at radius 2 is 1.75 bits per heavy atom. The Morgan fingerprint density at radius 1 is 1.15 bits per heavy atom. The molecule has 1 saturated carbocycles. The highest BCUT2D eigenvalue weighted by Crippen LogP contribution is 2.38. The molecule has 0 spiro atoms. The van der Waals surface area contributed by atoms with Crippen molar-refractivity contribution in [1.29, 1.82) is 0 Å². The van der Waals surface area contributed by atoms with E-state index in [-0.39, 0.29) is 0 Å². The van der Waals surface area contributed by atoms with Crippen molar-refractivity contribution in [3.05, 3.63) is 0 Å². The van der Waals surface area contributed by atoms with Crippen LogP contribution in [0.2, 0.25) is 0 Å². The lowest BCUT2D eigenvalue weighted by atomic mass is 9.74. The van der Waals surface area contributed by atoms with Crippen LogP contribution in [0.4, 0.5) is 0 Å². The summed E-state index contributed by atoms with van der Waals surface area (Å²) in [5, 5.41) is 3.80. The number of nitrogens with zero attached hydrogens (tertiary/aromatic N) is 1. The van der Waals surface area contributed by atoms with E-state index in [4.69, 9.17) is 0 Å². The van der Waals surface area contributed by atoms with Gasteiger partial charge in [0.25, 0.3) is 0 Å². The fourth-order valence-corrected chi connectivity index (χ4v) is 3.94. The molecule has 1 N–H and O–H groups in total. The summed E-state index contributed by atoms with van der Waals surface area (Å²) in [6, 6.07) is 2.22. The van der Waals surface area contributed by atoms with Gasteiger partial charge >= 0.3 is 0 Å². The molecule has 118 valence electrons. The molecule has 0 aromatic carbocycles. The molecular formula is C18H36N2. The minimum absolute atomic E-state index is 0.366. The maximum absolute atomic E-state index is 3.80. The summed E-state index contributed by atoms with van der Waals surface area (Å²) in [4.78, 5) is 2.86. The second-order valence-corrected chi connectivity index (χ2v) is 8.98. The van der Waals surface area contributed by atoms with E-state index in [1.165, 1.54) is 45.2 Å². The first-order valence-corrected chi connectivity index (χ1v) is 8.72. The van der Waals surface area contributed by atoms with Gasteiger partial charge in [0.2, 0.25) is 0 Å². The van der Waals surface area contributed by atoms with E-state index in [0.717, 1.165) is 12.1 Å². The van der Waals surface area contributed by atoms with Crippen molar-refractivity contribution < 1.29 is 0 Å². The molecule has 20 heavy (non-hydrogen) atoms. The standard InChI is InChI=1S/C18H36N2/c1-7-14-12-19-16(17(2,3)4)13-20(14)15-8-10-18(5,6)11-9-15/h14-16,19H,7-13H2,1-6H3. The van der Waals surface area contributed by atoms with Gasteiger partial charge in [0.05, 0.1) is 0 Å². The molecule has 2 heteroatoms. The summed E-state index contributed by atoms with van der Waals surface area (Å²) >= 11 is 0. The third kappa shape index (κ3) is 3.76. The number of nitrogens with one attached hydrogen (secondary N) is 1. The summed E-state index contributed by atoms with van der Waals surface area (Å²) in [5.74, 6) is 0. The van der Waals surface area contributed by atoms with Gasteiger partial charge in [0.1, 0.15) is 0 Å². The maximum atomic E-state index is 3.80. The van der Waals surface area contributed by atoms with Crippen LogP contribution in [0.5, 0.6) is 0 Å². The van der Waals surface area contributed by atoms with Gasteiger partial charge in [0, 0.05) is 31.2 Å². The van der Waals surface area contributed by atoms with E-state index >= 15 is 0 Å². The minimum atomic E-state index is 0.366. The van der Waals surface area contributed by atoms with Crippen molar-refractivity contribution in [3.8, 4) is 0 Å². The lowest BCUT2D eigenvalue weighted by Crippen LogP contribution is -2.62. The Kier molecular flexibility index (Phi) is 4.86. The molecule has 0 radical (unpaired) electrons. The van der Waals surface area contributed by atoms with Crippen LogP contribution in [0.15, 0.2) is 0 Å². The van der Waals surface area contributed by atoms with Gasteiger partial charge < -0.3 is 5.32 Å². The highest BCUT2D eigenvalue weighted by atomic mass is 15.3. The smallest absolute Gasteiger partial charge is 0.0244 e. The molecule has 2 unspecified atom stereocenters. The van der Waals surface area contributed by atoms with Crippen molar-refractivity contribution in [3.63, 3.8) is 0 Å². The van der Waals surface area contributed by atoms with E-state index in [0.29, 0.717) is 16.9 Å². The van der Waals surface area contributed by atoms with Gasteiger partial charge in [-0.05, 0) is 42.9 Å². The summed E-state index contributed by atoms with van der Waals surface area (Å²) in [5.41, 5.74) is 0.945. The number of piperazine rings is 1. The Hall–Kier alpha value is -0.0800. The van der Waals surface area contributed by atoms with E-state index in [1.807, 2.05) is 0 Å². The SMILES string of the molecule is CCC1CNC(C(C)(C)C)CN1C1CCC(C)(C)CC1. The Balaban J connectivity index is 2.02. The predicted molar refractivity (Wildman–Crippen MR) is 88.1 cm³/mol. The van der Waals surface area contributed by atoms with Crippen LogP contribution in [-0.2, 0) is 0 Å². The molecule has 1 heterocycles. The Bertz CT molecular complexity index is 306. The monoisotopic (exact) mass is 280 g/mol.